The lowest BCUT2D eigenvalue weighted by Gasteiger charge is -2.14. The maximum Gasteiger partial charge on any atom is 0.328 e. The molecule has 0 radical (unpaired) electrons. The highest BCUT2D eigenvalue weighted by Gasteiger charge is 1.99. The number of rotatable bonds is 6. The second-order valence-electron chi connectivity index (χ2n) is 3.79. The van der Waals surface area contributed by atoms with Crippen LogP contribution in [0.4, 0.5) is 0 Å². The SMILES string of the molecule is CSc1ccc(CN(C)C/C=C/C(=O)O)cc1. The van der Waals surface area contributed by atoms with Gasteiger partial charge < -0.3 is 5.11 Å². The van der Waals surface area contributed by atoms with Crippen molar-refractivity contribution in [2.45, 2.75) is 11.4 Å². The molecule has 0 aliphatic heterocycles. The predicted molar refractivity (Wildman–Crippen MR) is 71.3 cm³/mol. The second-order valence-corrected chi connectivity index (χ2v) is 4.67. The first kappa shape index (κ1) is 13.8. The molecule has 17 heavy (non-hydrogen) atoms. The molecule has 1 N–H and O–H groups in total. The average molecular weight is 251 g/mol. The average Bonchev–Trinajstić information content (AvgIpc) is 2.29. The van der Waals surface area contributed by atoms with Crippen LogP contribution in [0.5, 0.6) is 0 Å². The van der Waals surface area contributed by atoms with Crippen LogP contribution >= 0.6 is 11.8 Å². The molecule has 0 fully saturated rings. The van der Waals surface area contributed by atoms with Crippen molar-refractivity contribution >= 4 is 17.7 Å². The lowest BCUT2D eigenvalue weighted by molar-refractivity contribution is -0.131. The van der Waals surface area contributed by atoms with Crippen molar-refractivity contribution in [1.82, 2.24) is 4.90 Å². The Kier molecular flexibility index (Phi) is 5.80. The lowest BCUT2D eigenvalue weighted by atomic mass is 10.2. The zero-order chi connectivity index (χ0) is 12.7. The molecule has 0 unspecified atom stereocenters. The topological polar surface area (TPSA) is 40.5 Å². The van der Waals surface area contributed by atoms with Crippen LogP contribution in [-0.4, -0.2) is 35.8 Å². The van der Waals surface area contributed by atoms with Gasteiger partial charge in [0.25, 0.3) is 0 Å². The Morgan fingerprint density at radius 2 is 2.06 bits per heavy atom. The van der Waals surface area contributed by atoms with Gasteiger partial charge in [0, 0.05) is 24.1 Å². The van der Waals surface area contributed by atoms with Gasteiger partial charge in [-0.15, -0.1) is 11.8 Å². The summed E-state index contributed by atoms with van der Waals surface area (Å²) in [6.07, 6.45) is 4.88. The summed E-state index contributed by atoms with van der Waals surface area (Å²) in [5.74, 6) is -0.900. The summed E-state index contributed by atoms with van der Waals surface area (Å²) in [6.45, 7) is 1.45. The molecule has 1 aromatic carbocycles. The van der Waals surface area contributed by atoms with Gasteiger partial charge in [-0.25, -0.2) is 4.79 Å². The predicted octanol–water partition coefficient (Wildman–Crippen LogP) is 2.48. The molecule has 0 saturated carbocycles. The first-order valence-electron chi connectivity index (χ1n) is 5.32. The Morgan fingerprint density at radius 3 is 2.59 bits per heavy atom. The first-order valence-corrected chi connectivity index (χ1v) is 6.55. The van der Waals surface area contributed by atoms with Crippen LogP contribution in [0.1, 0.15) is 5.56 Å². The Morgan fingerprint density at radius 1 is 1.41 bits per heavy atom. The van der Waals surface area contributed by atoms with Crippen LogP contribution in [0.25, 0.3) is 0 Å². The van der Waals surface area contributed by atoms with Crippen LogP contribution < -0.4 is 0 Å². The van der Waals surface area contributed by atoms with Crippen LogP contribution in [0, 0.1) is 0 Å². The molecule has 3 nitrogen and oxygen atoms in total. The van der Waals surface area contributed by atoms with Gasteiger partial charge in [-0.3, -0.25) is 4.90 Å². The molecule has 4 heteroatoms. The molecule has 0 bridgehead atoms. The highest BCUT2D eigenvalue weighted by Crippen LogP contribution is 2.15. The Bertz CT molecular complexity index is 387. The molecule has 0 aromatic heterocycles. The first-order chi connectivity index (χ1) is 8.11. The van der Waals surface area contributed by atoms with Crippen molar-refractivity contribution in [1.29, 1.82) is 0 Å². The smallest absolute Gasteiger partial charge is 0.328 e. The molecule has 0 saturated heterocycles. The van der Waals surface area contributed by atoms with Crippen LogP contribution in [0.15, 0.2) is 41.3 Å². The third-order valence-corrected chi connectivity index (χ3v) is 3.03. The largest absolute Gasteiger partial charge is 0.478 e. The monoisotopic (exact) mass is 251 g/mol. The van der Waals surface area contributed by atoms with E-state index in [1.54, 1.807) is 17.8 Å². The van der Waals surface area contributed by atoms with Crippen molar-refractivity contribution in [2.75, 3.05) is 19.8 Å². The summed E-state index contributed by atoms with van der Waals surface area (Å²) in [5, 5.41) is 8.47. The maximum atomic E-state index is 10.3. The standard InChI is InChI=1S/C13H17NO2S/c1-14(9-3-4-13(15)16)10-11-5-7-12(17-2)8-6-11/h3-8H,9-10H2,1-2H3,(H,15,16)/b4-3+. The number of hydrogen-bond donors (Lipinski definition) is 1. The third-order valence-electron chi connectivity index (χ3n) is 2.29. The number of carboxylic acids is 1. The summed E-state index contributed by atoms with van der Waals surface area (Å²) >= 11 is 1.72. The Balaban J connectivity index is 2.44. The van der Waals surface area contributed by atoms with E-state index < -0.39 is 5.97 Å². The van der Waals surface area contributed by atoms with Gasteiger partial charge in [0.15, 0.2) is 0 Å². The fourth-order valence-corrected chi connectivity index (χ4v) is 1.85. The highest BCUT2D eigenvalue weighted by atomic mass is 32.2. The normalized spacial score (nSPS) is 11.2. The number of likely N-dealkylation sites (N-methyl/N-ethyl adjacent to an activating group) is 1. The summed E-state index contributed by atoms with van der Waals surface area (Å²) in [5.41, 5.74) is 1.23. The van der Waals surface area contributed by atoms with E-state index in [9.17, 15) is 4.79 Å². The van der Waals surface area contributed by atoms with Crippen LogP contribution in [0.3, 0.4) is 0 Å². The molecule has 0 atom stereocenters. The van der Waals surface area contributed by atoms with Gasteiger partial charge in [0.05, 0.1) is 0 Å². The fraction of sp³-hybridized carbons (Fsp3) is 0.308. The van der Waals surface area contributed by atoms with E-state index in [4.69, 9.17) is 5.11 Å². The van der Waals surface area contributed by atoms with Gasteiger partial charge in [-0.1, -0.05) is 18.2 Å². The van der Waals surface area contributed by atoms with E-state index in [-0.39, 0.29) is 0 Å². The van der Waals surface area contributed by atoms with Crippen molar-refractivity contribution < 1.29 is 9.90 Å². The summed E-state index contributed by atoms with van der Waals surface area (Å²) in [7, 11) is 1.97. The maximum absolute atomic E-state index is 10.3. The van der Waals surface area contributed by atoms with Crippen molar-refractivity contribution in [3.05, 3.63) is 42.0 Å². The number of hydrogen-bond acceptors (Lipinski definition) is 3. The molecule has 0 spiro atoms. The van der Waals surface area contributed by atoms with E-state index in [2.05, 4.69) is 35.4 Å². The molecule has 0 aliphatic carbocycles. The lowest BCUT2D eigenvalue weighted by Crippen LogP contribution is -2.17. The molecule has 1 aromatic rings. The highest BCUT2D eigenvalue weighted by molar-refractivity contribution is 7.98. The summed E-state index contributed by atoms with van der Waals surface area (Å²) in [4.78, 5) is 13.6. The number of carboxylic acid groups (broad SMARTS) is 1. The van der Waals surface area contributed by atoms with Gasteiger partial charge in [-0.05, 0) is 31.0 Å². The van der Waals surface area contributed by atoms with Gasteiger partial charge in [-0.2, -0.15) is 0 Å². The second kappa shape index (κ2) is 7.14. The minimum Gasteiger partial charge on any atom is -0.478 e. The van der Waals surface area contributed by atoms with Gasteiger partial charge in [0.1, 0.15) is 0 Å². The molecule has 0 amide bonds. The summed E-state index contributed by atoms with van der Waals surface area (Å²) in [6, 6.07) is 8.40. The Labute approximate surface area is 106 Å². The van der Waals surface area contributed by atoms with Crippen LogP contribution in [0.2, 0.25) is 0 Å². The molecule has 92 valence electrons. The van der Waals surface area contributed by atoms with E-state index in [0.717, 1.165) is 6.54 Å². The van der Waals surface area contributed by atoms with Gasteiger partial charge in [0.2, 0.25) is 0 Å². The Hall–Kier alpha value is -1.26. The van der Waals surface area contributed by atoms with E-state index >= 15 is 0 Å². The third kappa shape index (κ3) is 5.56. The minimum absolute atomic E-state index is 0.635. The van der Waals surface area contributed by atoms with Crippen molar-refractivity contribution in [3.8, 4) is 0 Å². The zero-order valence-corrected chi connectivity index (χ0v) is 10.9. The van der Waals surface area contributed by atoms with Crippen molar-refractivity contribution in [3.63, 3.8) is 0 Å². The molecule has 1 rings (SSSR count). The van der Waals surface area contributed by atoms with Crippen LogP contribution in [-0.2, 0) is 11.3 Å². The molecular formula is C13H17NO2S. The number of aliphatic carboxylic acids is 1. The van der Waals surface area contributed by atoms with Gasteiger partial charge >= 0.3 is 5.97 Å². The number of benzene rings is 1. The van der Waals surface area contributed by atoms with Crippen molar-refractivity contribution in [2.24, 2.45) is 0 Å². The quantitative estimate of drug-likeness (QED) is 0.623. The fourth-order valence-electron chi connectivity index (χ4n) is 1.44. The molecular weight excluding hydrogens is 234 g/mol. The zero-order valence-electron chi connectivity index (χ0n) is 10.1. The van der Waals surface area contributed by atoms with E-state index in [1.165, 1.54) is 16.5 Å². The summed E-state index contributed by atoms with van der Waals surface area (Å²) < 4.78 is 0. The molecule has 0 heterocycles. The molecule has 0 aliphatic rings. The number of nitrogens with zero attached hydrogens (tertiary/aromatic N) is 1. The number of thioether (sulfide) groups is 1. The van der Waals surface area contributed by atoms with E-state index in [1.807, 2.05) is 7.05 Å². The van der Waals surface area contributed by atoms with E-state index in [0.29, 0.717) is 6.54 Å². The number of carbonyl (C=O) groups is 1. The minimum atomic E-state index is -0.900.